The van der Waals surface area contributed by atoms with Gasteiger partial charge in [0.1, 0.15) is 11.3 Å². The smallest absolute Gasteiger partial charge is 0.420 e. The van der Waals surface area contributed by atoms with Gasteiger partial charge in [-0.25, -0.2) is 0 Å². The lowest BCUT2D eigenvalue weighted by atomic mass is 9.87. The van der Waals surface area contributed by atoms with Gasteiger partial charge >= 0.3 is 18.3 Å². The maximum Gasteiger partial charge on any atom is 0.420 e. The Labute approximate surface area is 205 Å². The Balaban J connectivity index is 1.51. The number of fused-ring (bicyclic) bond motifs is 1. The Hall–Kier alpha value is -2.49. The summed E-state index contributed by atoms with van der Waals surface area (Å²) < 4.78 is 86.7. The Morgan fingerprint density at radius 2 is 1.72 bits per heavy atom. The number of halogens is 6. The number of carboxylic acids is 1. The molecule has 2 fully saturated rings. The van der Waals surface area contributed by atoms with E-state index in [0.29, 0.717) is 18.5 Å². The van der Waals surface area contributed by atoms with E-state index in [1.165, 1.54) is 12.1 Å². The fourth-order valence-electron chi connectivity index (χ4n) is 5.50. The quantitative estimate of drug-likeness (QED) is 0.418. The first kappa shape index (κ1) is 26.6. The van der Waals surface area contributed by atoms with Gasteiger partial charge < -0.3 is 9.84 Å². The van der Waals surface area contributed by atoms with Gasteiger partial charge in [0.05, 0.1) is 12.0 Å². The molecule has 1 saturated heterocycles. The number of aliphatic carboxylic acids is 1. The van der Waals surface area contributed by atoms with Crippen molar-refractivity contribution in [2.45, 2.75) is 69.9 Å². The summed E-state index contributed by atoms with van der Waals surface area (Å²) in [5, 5.41) is 9.43. The molecule has 1 heterocycles. The molecule has 0 radical (unpaired) electrons. The zero-order valence-electron chi connectivity index (χ0n) is 19.7. The molecule has 1 atom stereocenters. The van der Waals surface area contributed by atoms with Crippen molar-refractivity contribution in [2.75, 3.05) is 13.1 Å². The van der Waals surface area contributed by atoms with Crippen LogP contribution >= 0.6 is 0 Å². The summed E-state index contributed by atoms with van der Waals surface area (Å²) in [7, 11) is 0. The first-order valence-corrected chi connectivity index (χ1v) is 12.2. The van der Waals surface area contributed by atoms with Crippen LogP contribution in [0.2, 0.25) is 0 Å². The van der Waals surface area contributed by atoms with Gasteiger partial charge in [0.2, 0.25) is 0 Å². The summed E-state index contributed by atoms with van der Waals surface area (Å²) in [5.74, 6) is -2.57. The number of benzene rings is 2. The Morgan fingerprint density at radius 3 is 2.36 bits per heavy atom. The topological polar surface area (TPSA) is 49.8 Å². The maximum atomic E-state index is 14.1. The Bertz CT molecular complexity index is 1080. The molecule has 2 aromatic rings. The minimum absolute atomic E-state index is 0.0184. The molecule has 0 spiro atoms. The summed E-state index contributed by atoms with van der Waals surface area (Å²) in [5.41, 5.74) is -0.0882. The largest absolute Gasteiger partial charge is 0.490 e. The third-order valence-corrected chi connectivity index (χ3v) is 7.23. The van der Waals surface area contributed by atoms with Crippen molar-refractivity contribution in [1.82, 2.24) is 4.90 Å². The number of carboxylic acid groups (broad SMARTS) is 1. The van der Waals surface area contributed by atoms with Gasteiger partial charge in [-0.05, 0) is 79.5 Å². The van der Waals surface area contributed by atoms with Crippen LogP contribution in [0, 0.1) is 11.8 Å². The van der Waals surface area contributed by atoms with Crippen LogP contribution in [0.1, 0.15) is 56.1 Å². The molecule has 1 aliphatic heterocycles. The molecule has 1 unspecified atom stereocenters. The summed E-state index contributed by atoms with van der Waals surface area (Å²) in [6.45, 7) is 1.93. The van der Waals surface area contributed by atoms with Gasteiger partial charge in [-0.15, -0.1) is 0 Å². The summed E-state index contributed by atoms with van der Waals surface area (Å²) in [4.78, 5) is 13.2. The third kappa shape index (κ3) is 6.44. The molecule has 2 aliphatic rings. The molecule has 4 rings (SSSR count). The van der Waals surface area contributed by atoms with Crippen LogP contribution in [0.15, 0.2) is 30.3 Å². The number of likely N-dealkylation sites (tertiary alicyclic amines) is 1. The molecule has 10 heteroatoms. The molecule has 0 aromatic heterocycles. The Morgan fingerprint density at radius 1 is 1.00 bits per heavy atom. The SMILES string of the molecule is O=C(O)CC1CCCN(Cc2ccc3c(C(F)(F)F)c(O[C@H]4CC[C@@H](C(F)(F)F)CC4)ccc3c2)C1. The number of nitrogens with zero attached hydrogens (tertiary/aromatic N) is 1. The van der Waals surface area contributed by atoms with E-state index in [-0.39, 0.29) is 49.2 Å². The minimum atomic E-state index is -4.70. The maximum absolute atomic E-state index is 14.1. The van der Waals surface area contributed by atoms with Crippen LogP contribution in [0.4, 0.5) is 26.3 Å². The molecular weight excluding hydrogens is 488 g/mol. The van der Waals surface area contributed by atoms with Crippen LogP contribution in [0.3, 0.4) is 0 Å². The average Bonchev–Trinajstić information content (AvgIpc) is 2.78. The lowest BCUT2D eigenvalue weighted by molar-refractivity contribution is -0.185. The lowest BCUT2D eigenvalue weighted by Crippen LogP contribution is -2.35. The van der Waals surface area contributed by atoms with E-state index in [4.69, 9.17) is 9.84 Å². The second-order valence-electron chi connectivity index (χ2n) is 9.97. The number of hydrogen-bond acceptors (Lipinski definition) is 3. The molecule has 4 nitrogen and oxygen atoms in total. The van der Waals surface area contributed by atoms with Gasteiger partial charge in [0.25, 0.3) is 0 Å². The van der Waals surface area contributed by atoms with Crippen molar-refractivity contribution in [3.8, 4) is 5.75 Å². The van der Waals surface area contributed by atoms with Crippen molar-refractivity contribution in [3.05, 3.63) is 41.5 Å². The average molecular weight is 518 g/mol. The van der Waals surface area contributed by atoms with Gasteiger partial charge in [-0.2, -0.15) is 26.3 Å². The predicted octanol–water partition coefficient (Wildman–Crippen LogP) is 7.05. The number of carbonyl (C=O) groups is 1. The van der Waals surface area contributed by atoms with E-state index in [1.54, 1.807) is 18.2 Å². The summed E-state index contributed by atoms with van der Waals surface area (Å²) >= 11 is 0. The normalized spacial score (nSPS) is 24.1. The highest BCUT2D eigenvalue weighted by Crippen LogP contribution is 2.44. The fraction of sp³-hybridized carbons (Fsp3) is 0.577. The second kappa shape index (κ2) is 10.5. The van der Waals surface area contributed by atoms with E-state index >= 15 is 0 Å². The third-order valence-electron chi connectivity index (χ3n) is 7.23. The van der Waals surface area contributed by atoms with Crippen molar-refractivity contribution < 1.29 is 41.0 Å². The van der Waals surface area contributed by atoms with Gasteiger partial charge in [0, 0.05) is 19.5 Å². The highest BCUT2D eigenvalue weighted by Gasteiger charge is 2.42. The number of alkyl halides is 6. The van der Waals surface area contributed by atoms with E-state index in [1.807, 2.05) is 0 Å². The molecular formula is C26H29F6NO3. The molecule has 0 bridgehead atoms. The number of hydrogen-bond donors (Lipinski definition) is 1. The van der Waals surface area contributed by atoms with Crippen molar-refractivity contribution in [2.24, 2.45) is 11.8 Å². The lowest BCUT2D eigenvalue weighted by Gasteiger charge is -2.32. The van der Waals surface area contributed by atoms with Gasteiger partial charge in [-0.1, -0.05) is 18.2 Å². The Kier molecular flexibility index (Phi) is 7.73. The molecule has 1 N–H and O–H groups in total. The van der Waals surface area contributed by atoms with Crippen LogP contribution < -0.4 is 4.74 Å². The molecule has 0 amide bonds. The zero-order valence-corrected chi connectivity index (χ0v) is 19.7. The van der Waals surface area contributed by atoms with Crippen LogP contribution in [0.25, 0.3) is 10.8 Å². The van der Waals surface area contributed by atoms with Gasteiger partial charge in [-0.3, -0.25) is 9.69 Å². The van der Waals surface area contributed by atoms with Crippen LogP contribution in [0.5, 0.6) is 5.75 Å². The van der Waals surface area contributed by atoms with Crippen LogP contribution in [-0.2, 0) is 17.5 Å². The molecule has 36 heavy (non-hydrogen) atoms. The van der Waals surface area contributed by atoms with Crippen molar-refractivity contribution >= 4 is 16.7 Å². The molecule has 1 saturated carbocycles. The van der Waals surface area contributed by atoms with Crippen molar-refractivity contribution in [1.29, 1.82) is 0 Å². The standard InChI is InChI=1S/C26H29F6NO3/c27-25(28,29)19-5-7-20(8-6-19)36-22-10-4-18-12-17(3-9-21(18)24(22)26(30,31)32)15-33-11-1-2-16(14-33)13-23(34)35/h3-4,9-10,12,16,19-20H,1-2,5-8,11,13-15H2,(H,34,35)/t16?,19-,20+. The first-order valence-electron chi connectivity index (χ1n) is 12.2. The first-order chi connectivity index (χ1) is 16.9. The minimum Gasteiger partial charge on any atom is -0.490 e. The van der Waals surface area contributed by atoms with Crippen molar-refractivity contribution in [3.63, 3.8) is 0 Å². The molecule has 1 aliphatic carbocycles. The number of ether oxygens (including phenoxy) is 1. The fourth-order valence-corrected chi connectivity index (χ4v) is 5.50. The summed E-state index contributed by atoms with van der Waals surface area (Å²) in [6.07, 6.45) is -8.08. The highest BCUT2D eigenvalue weighted by molar-refractivity contribution is 5.89. The predicted molar refractivity (Wildman–Crippen MR) is 122 cm³/mol. The summed E-state index contributed by atoms with van der Waals surface area (Å²) in [6, 6.07) is 7.56. The molecule has 2 aromatic carbocycles. The second-order valence-corrected chi connectivity index (χ2v) is 9.97. The van der Waals surface area contributed by atoms with E-state index in [2.05, 4.69) is 4.90 Å². The monoisotopic (exact) mass is 517 g/mol. The molecule has 198 valence electrons. The van der Waals surface area contributed by atoms with E-state index in [0.717, 1.165) is 24.9 Å². The van der Waals surface area contributed by atoms with Gasteiger partial charge in [0.15, 0.2) is 0 Å². The zero-order chi connectivity index (χ0) is 26.1. The highest BCUT2D eigenvalue weighted by atomic mass is 19.4. The number of rotatable bonds is 6. The van der Waals surface area contributed by atoms with E-state index in [9.17, 15) is 31.1 Å². The van der Waals surface area contributed by atoms with E-state index < -0.39 is 35.9 Å². The van der Waals surface area contributed by atoms with Crippen LogP contribution in [-0.4, -0.2) is 41.3 Å². The number of piperidine rings is 1.